The van der Waals surface area contributed by atoms with Gasteiger partial charge < -0.3 is 5.32 Å². The van der Waals surface area contributed by atoms with E-state index in [1.165, 1.54) is 24.3 Å². The molecule has 0 atom stereocenters. The molecule has 0 unspecified atom stereocenters. The molecule has 3 rings (SSSR count). The molecule has 0 aromatic heterocycles. The molecular weight excluding hydrogens is 306 g/mol. The van der Waals surface area contributed by atoms with Crippen molar-refractivity contribution in [1.82, 2.24) is 5.32 Å². The summed E-state index contributed by atoms with van der Waals surface area (Å²) in [6, 6.07) is 6.69. The van der Waals surface area contributed by atoms with Crippen molar-refractivity contribution in [3.63, 3.8) is 0 Å². The van der Waals surface area contributed by atoms with Gasteiger partial charge in [-0.1, -0.05) is 12.1 Å². The van der Waals surface area contributed by atoms with Crippen LogP contribution in [-0.2, 0) is 0 Å². The highest BCUT2D eigenvalue weighted by Crippen LogP contribution is 2.39. The van der Waals surface area contributed by atoms with E-state index in [-0.39, 0.29) is 17.0 Å². The van der Waals surface area contributed by atoms with Gasteiger partial charge in [0, 0.05) is 18.1 Å². The smallest absolute Gasteiger partial charge is 0.129 e. The van der Waals surface area contributed by atoms with E-state index in [1.807, 2.05) is 0 Å². The van der Waals surface area contributed by atoms with Gasteiger partial charge in [0.15, 0.2) is 0 Å². The van der Waals surface area contributed by atoms with Crippen LogP contribution in [0.2, 0.25) is 0 Å². The lowest BCUT2D eigenvalue weighted by atomic mass is 9.76. The van der Waals surface area contributed by atoms with Gasteiger partial charge in [-0.15, -0.1) is 0 Å². The maximum absolute atomic E-state index is 14.3. The molecule has 2 aromatic carbocycles. The number of hydrogen-bond acceptors (Lipinski definition) is 1. The fourth-order valence-corrected chi connectivity index (χ4v) is 3.36. The predicted octanol–water partition coefficient (Wildman–Crippen LogP) is 4.37. The van der Waals surface area contributed by atoms with Crippen LogP contribution < -0.4 is 5.32 Å². The molecular formula is C18H17F4N. The minimum absolute atomic E-state index is 0.0103. The molecule has 0 amide bonds. The summed E-state index contributed by atoms with van der Waals surface area (Å²) in [5, 5.41) is 3.21. The molecule has 1 nitrogen and oxygen atoms in total. The molecule has 0 aliphatic carbocycles. The molecule has 0 bridgehead atoms. The van der Waals surface area contributed by atoms with E-state index in [1.54, 1.807) is 0 Å². The quantitative estimate of drug-likeness (QED) is 0.827. The Morgan fingerprint density at radius 3 is 1.70 bits per heavy atom. The topological polar surface area (TPSA) is 12.0 Å². The summed E-state index contributed by atoms with van der Waals surface area (Å²) >= 11 is 0. The highest BCUT2D eigenvalue weighted by Gasteiger charge is 2.30. The number of benzene rings is 2. The second-order valence-electron chi connectivity index (χ2n) is 5.90. The van der Waals surface area contributed by atoms with Crippen LogP contribution in [0.15, 0.2) is 36.4 Å². The van der Waals surface area contributed by atoms with Gasteiger partial charge in [-0.2, -0.15) is 0 Å². The third-order valence-electron chi connectivity index (χ3n) is 4.45. The van der Waals surface area contributed by atoms with Crippen molar-refractivity contribution < 1.29 is 17.6 Å². The Balaban J connectivity index is 2.09. The Hall–Kier alpha value is -1.88. The van der Waals surface area contributed by atoms with Gasteiger partial charge in [-0.3, -0.25) is 0 Å². The molecule has 2 aromatic rings. The minimum atomic E-state index is -0.697. The number of piperidine rings is 1. The van der Waals surface area contributed by atoms with Gasteiger partial charge in [0.05, 0.1) is 0 Å². The Morgan fingerprint density at radius 2 is 1.26 bits per heavy atom. The first kappa shape index (κ1) is 16.0. The SMILES string of the molecule is Fc1ccc(C(c2ccc(F)cc2F)C2CCNCC2)c(F)c1. The van der Waals surface area contributed by atoms with Crippen molar-refractivity contribution in [2.45, 2.75) is 18.8 Å². The van der Waals surface area contributed by atoms with E-state index >= 15 is 0 Å². The fraction of sp³-hybridized carbons (Fsp3) is 0.333. The average Bonchev–Trinajstić information content (AvgIpc) is 2.52. The number of halogens is 4. The summed E-state index contributed by atoms with van der Waals surface area (Å²) in [5.74, 6) is -3.28. The zero-order valence-electron chi connectivity index (χ0n) is 12.5. The summed E-state index contributed by atoms with van der Waals surface area (Å²) < 4.78 is 55.0. The first-order chi connectivity index (χ1) is 11.1. The van der Waals surface area contributed by atoms with Gasteiger partial charge in [0.25, 0.3) is 0 Å². The van der Waals surface area contributed by atoms with Crippen molar-refractivity contribution in [1.29, 1.82) is 0 Å². The van der Waals surface area contributed by atoms with Crippen LogP contribution >= 0.6 is 0 Å². The zero-order valence-corrected chi connectivity index (χ0v) is 12.5. The molecule has 0 spiro atoms. The van der Waals surface area contributed by atoms with Gasteiger partial charge in [0.2, 0.25) is 0 Å². The Bertz CT molecular complexity index is 644. The van der Waals surface area contributed by atoms with Crippen LogP contribution in [0.25, 0.3) is 0 Å². The summed E-state index contributed by atoms with van der Waals surface area (Å²) in [5.41, 5.74) is 0.507. The predicted molar refractivity (Wildman–Crippen MR) is 80.2 cm³/mol. The average molecular weight is 323 g/mol. The first-order valence-electron chi connectivity index (χ1n) is 7.67. The molecule has 5 heteroatoms. The summed E-state index contributed by atoms with van der Waals surface area (Å²) in [4.78, 5) is 0. The van der Waals surface area contributed by atoms with Crippen molar-refractivity contribution in [3.8, 4) is 0 Å². The Labute approximate surface area is 132 Å². The second kappa shape index (κ2) is 6.71. The third-order valence-corrected chi connectivity index (χ3v) is 4.45. The van der Waals surface area contributed by atoms with E-state index in [0.29, 0.717) is 0 Å². The summed E-state index contributed by atoms with van der Waals surface area (Å²) in [6.45, 7) is 1.51. The minimum Gasteiger partial charge on any atom is -0.317 e. The third kappa shape index (κ3) is 3.39. The zero-order chi connectivity index (χ0) is 16.4. The van der Waals surface area contributed by atoms with Crippen LogP contribution in [0.4, 0.5) is 17.6 Å². The molecule has 1 saturated heterocycles. The summed E-state index contributed by atoms with van der Waals surface area (Å²) in [6.07, 6.45) is 1.50. The van der Waals surface area contributed by atoms with Crippen LogP contribution in [0, 0.1) is 29.2 Å². The molecule has 1 N–H and O–H groups in total. The van der Waals surface area contributed by atoms with Crippen molar-refractivity contribution in [2.75, 3.05) is 13.1 Å². The van der Waals surface area contributed by atoms with E-state index in [2.05, 4.69) is 5.32 Å². The lowest BCUT2D eigenvalue weighted by Crippen LogP contribution is -2.32. The van der Waals surface area contributed by atoms with Gasteiger partial charge in [-0.05, 0) is 55.1 Å². The highest BCUT2D eigenvalue weighted by molar-refractivity contribution is 5.36. The molecule has 122 valence electrons. The Morgan fingerprint density at radius 1 is 0.783 bits per heavy atom. The maximum Gasteiger partial charge on any atom is 0.129 e. The lowest BCUT2D eigenvalue weighted by Gasteiger charge is -2.32. The second-order valence-corrected chi connectivity index (χ2v) is 5.90. The lowest BCUT2D eigenvalue weighted by molar-refractivity contribution is 0.332. The largest absolute Gasteiger partial charge is 0.317 e. The fourth-order valence-electron chi connectivity index (χ4n) is 3.36. The summed E-state index contributed by atoms with van der Waals surface area (Å²) in [7, 11) is 0. The first-order valence-corrected chi connectivity index (χ1v) is 7.67. The molecule has 1 aliphatic rings. The standard InChI is InChI=1S/C18H17F4N/c19-12-1-3-14(16(21)9-12)18(11-5-7-23-8-6-11)15-4-2-13(20)10-17(15)22/h1-4,9-11,18,23H,5-8H2. The van der Waals surface area contributed by atoms with Crippen molar-refractivity contribution in [3.05, 3.63) is 70.8 Å². The molecule has 1 heterocycles. The number of nitrogens with one attached hydrogen (secondary N) is 1. The molecule has 23 heavy (non-hydrogen) atoms. The van der Waals surface area contributed by atoms with Crippen LogP contribution in [0.5, 0.6) is 0 Å². The number of hydrogen-bond donors (Lipinski definition) is 1. The highest BCUT2D eigenvalue weighted by atomic mass is 19.1. The number of rotatable bonds is 3. The molecule has 1 aliphatic heterocycles. The van der Waals surface area contributed by atoms with Gasteiger partial charge in [-0.25, -0.2) is 17.6 Å². The van der Waals surface area contributed by atoms with E-state index in [0.717, 1.165) is 38.1 Å². The van der Waals surface area contributed by atoms with Crippen LogP contribution in [-0.4, -0.2) is 13.1 Å². The molecule has 0 radical (unpaired) electrons. The molecule has 0 saturated carbocycles. The van der Waals surface area contributed by atoms with Crippen molar-refractivity contribution in [2.24, 2.45) is 5.92 Å². The Kier molecular flexibility index (Phi) is 4.66. The van der Waals surface area contributed by atoms with Crippen LogP contribution in [0.1, 0.15) is 29.9 Å². The van der Waals surface area contributed by atoms with E-state index in [9.17, 15) is 17.6 Å². The molecule has 1 fully saturated rings. The van der Waals surface area contributed by atoms with E-state index in [4.69, 9.17) is 0 Å². The monoisotopic (exact) mass is 323 g/mol. The van der Waals surface area contributed by atoms with E-state index < -0.39 is 29.2 Å². The van der Waals surface area contributed by atoms with Crippen molar-refractivity contribution >= 4 is 0 Å². The normalized spacial score (nSPS) is 16.0. The van der Waals surface area contributed by atoms with Gasteiger partial charge in [0.1, 0.15) is 23.3 Å². The maximum atomic E-state index is 14.3. The van der Waals surface area contributed by atoms with Crippen LogP contribution in [0.3, 0.4) is 0 Å². The van der Waals surface area contributed by atoms with Gasteiger partial charge >= 0.3 is 0 Å².